The summed E-state index contributed by atoms with van der Waals surface area (Å²) >= 11 is 0. The third-order valence-electron chi connectivity index (χ3n) is 3.00. The van der Waals surface area contributed by atoms with Crippen LogP contribution in [-0.4, -0.2) is 11.2 Å². The van der Waals surface area contributed by atoms with Gasteiger partial charge in [-0.1, -0.05) is 12.2 Å². The van der Waals surface area contributed by atoms with Crippen molar-refractivity contribution in [3.05, 3.63) is 12.2 Å². The van der Waals surface area contributed by atoms with Crippen molar-refractivity contribution < 1.29 is 5.11 Å². The normalized spacial score (nSPS) is 46.1. The van der Waals surface area contributed by atoms with Gasteiger partial charge in [-0.25, -0.2) is 0 Å². The Balaban J connectivity index is 2.18. The van der Waals surface area contributed by atoms with E-state index in [0.29, 0.717) is 5.92 Å². The number of hydrogen-bond donors (Lipinski definition) is 1. The smallest absolute Gasteiger partial charge is 0.0608 e. The zero-order chi connectivity index (χ0) is 7.14. The van der Waals surface area contributed by atoms with Gasteiger partial charge in [-0.2, -0.15) is 0 Å². The molecule has 3 atom stereocenters. The molecule has 0 unspecified atom stereocenters. The fraction of sp³-hybridized carbons (Fsp3) is 0.778. The molecule has 3 aliphatic rings. The van der Waals surface area contributed by atoms with Gasteiger partial charge in [-0.3, -0.25) is 0 Å². The highest BCUT2D eigenvalue weighted by molar-refractivity contribution is 5.12. The van der Waals surface area contributed by atoms with Crippen LogP contribution in [0.2, 0.25) is 0 Å². The second-order valence-electron chi connectivity index (χ2n) is 3.72. The molecule has 1 heteroatoms. The van der Waals surface area contributed by atoms with E-state index in [1.165, 1.54) is 24.8 Å². The maximum absolute atomic E-state index is 9.51. The number of aliphatic hydroxyl groups is 1. The van der Waals surface area contributed by atoms with Crippen molar-refractivity contribution >= 4 is 0 Å². The third kappa shape index (κ3) is 0.807. The highest BCUT2D eigenvalue weighted by atomic mass is 16.3. The van der Waals surface area contributed by atoms with E-state index in [9.17, 15) is 5.11 Å². The molecule has 0 amide bonds. The molecule has 3 aliphatic carbocycles. The minimum Gasteiger partial charge on any atom is -0.392 e. The lowest BCUT2D eigenvalue weighted by atomic mass is 9.67. The summed E-state index contributed by atoms with van der Waals surface area (Å²) in [6.07, 6.45) is 4.66. The van der Waals surface area contributed by atoms with Crippen LogP contribution in [0, 0.1) is 11.8 Å². The standard InChI is InChI=1S/C9H14O/c1-6-4-7-2-3-8(6)9(10)5-7/h7-10H,1-5H2/t7-,8+,9-/m1/s1. The highest BCUT2D eigenvalue weighted by Crippen LogP contribution is 2.43. The van der Waals surface area contributed by atoms with Gasteiger partial charge in [0.25, 0.3) is 0 Å². The van der Waals surface area contributed by atoms with Crippen LogP contribution in [0.15, 0.2) is 12.2 Å². The Bertz CT molecular complexity index is 162. The quantitative estimate of drug-likeness (QED) is 0.505. The molecule has 0 spiro atoms. The summed E-state index contributed by atoms with van der Waals surface area (Å²) in [5.41, 5.74) is 1.30. The molecule has 0 aliphatic heterocycles. The lowest BCUT2D eigenvalue weighted by molar-refractivity contribution is 0.0352. The Hall–Kier alpha value is -0.300. The monoisotopic (exact) mass is 138 g/mol. The fourth-order valence-corrected chi connectivity index (χ4v) is 2.42. The molecule has 56 valence electrons. The maximum atomic E-state index is 9.51. The van der Waals surface area contributed by atoms with E-state index in [1.807, 2.05) is 0 Å². The summed E-state index contributed by atoms with van der Waals surface area (Å²) in [6.45, 7) is 3.99. The van der Waals surface area contributed by atoms with Crippen LogP contribution in [0.5, 0.6) is 0 Å². The van der Waals surface area contributed by atoms with Crippen molar-refractivity contribution in [3.63, 3.8) is 0 Å². The van der Waals surface area contributed by atoms with Crippen molar-refractivity contribution in [2.24, 2.45) is 11.8 Å². The van der Waals surface area contributed by atoms with Gasteiger partial charge in [0.2, 0.25) is 0 Å². The third-order valence-corrected chi connectivity index (χ3v) is 3.00. The van der Waals surface area contributed by atoms with E-state index >= 15 is 0 Å². The van der Waals surface area contributed by atoms with Crippen LogP contribution < -0.4 is 0 Å². The van der Waals surface area contributed by atoms with Crippen molar-refractivity contribution in [1.82, 2.24) is 0 Å². The van der Waals surface area contributed by atoms with Gasteiger partial charge in [-0.15, -0.1) is 0 Å². The number of rotatable bonds is 0. The minimum absolute atomic E-state index is 0.0556. The van der Waals surface area contributed by atoms with Crippen LogP contribution in [-0.2, 0) is 0 Å². The first-order valence-electron chi connectivity index (χ1n) is 4.13. The molecule has 3 rings (SSSR count). The van der Waals surface area contributed by atoms with Gasteiger partial charge in [0.05, 0.1) is 6.10 Å². The van der Waals surface area contributed by atoms with E-state index in [2.05, 4.69) is 6.58 Å². The van der Waals surface area contributed by atoms with Gasteiger partial charge >= 0.3 is 0 Å². The van der Waals surface area contributed by atoms with E-state index in [-0.39, 0.29) is 6.10 Å². The van der Waals surface area contributed by atoms with Crippen LogP contribution in [0.1, 0.15) is 25.7 Å². The van der Waals surface area contributed by atoms with Crippen molar-refractivity contribution in [2.75, 3.05) is 0 Å². The molecular weight excluding hydrogens is 124 g/mol. The Kier molecular flexibility index (Phi) is 1.34. The molecule has 1 nitrogen and oxygen atoms in total. The summed E-state index contributed by atoms with van der Waals surface area (Å²) in [7, 11) is 0. The van der Waals surface area contributed by atoms with Crippen molar-refractivity contribution in [2.45, 2.75) is 31.8 Å². The van der Waals surface area contributed by atoms with Gasteiger partial charge in [0.15, 0.2) is 0 Å². The summed E-state index contributed by atoms with van der Waals surface area (Å²) in [4.78, 5) is 0. The summed E-state index contributed by atoms with van der Waals surface area (Å²) in [5.74, 6) is 1.21. The zero-order valence-corrected chi connectivity index (χ0v) is 6.21. The summed E-state index contributed by atoms with van der Waals surface area (Å²) in [5, 5.41) is 9.51. The van der Waals surface area contributed by atoms with Crippen molar-refractivity contribution in [1.29, 1.82) is 0 Å². The zero-order valence-electron chi connectivity index (χ0n) is 6.21. The predicted molar refractivity (Wildman–Crippen MR) is 40.6 cm³/mol. The first kappa shape index (κ1) is 6.41. The van der Waals surface area contributed by atoms with Crippen LogP contribution in [0.25, 0.3) is 0 Å². The Labute approximate surface area is 61.8 Å². The molecule has 0 aromatic carbocycles. The highest BCUT2D eigenvalue weighted by Gasteiger charge is 2.36. The SMILES string of the molecule is C=C1C[C@H]2CC[C@@H]1[C@H](O)C2. The molecule has 2 bridgehead atoms. The van der Waals surface area contributed by atoms with Crippen LogP contribution in [0.3, 0.4) is 0 Å². The van der Waals surface area contributed by atoms with E-state index in [4.69, 9.17) is 0 Å². The molecule has 0 radical (unpaired) electrons. The first-order chi connectivity index (χ1) is 4.77. The molecule has 3 fully saturated rings. The van der Waals surface area contributed by atoms with Gasteiger partial charge in [-0.05, 0) is 31.6 Å². The lowest BCUT2D eigenvalue weighted by Gasteiger charge is -2.41. The number of fused-ring (bicyclic) bond motifs is 3. The summed E-state index contributed by atoms with van der Waals surface area (Å²) < 4.78 is 0. The molecule has 3 saturated carbocycles. The van der Waals surface area contributed by atoms with Gasteiger partial charge in [0.1, 0.15) is 0 Å². The molecule has 10 heavy (non-hydrogen) atoms. The van der Waals surface area contributed by atoms with Crippen LogP contribution in [0.4, 0.5) is 0 Å². The lowest BCUT2D eigenvalue weighted by Crippen LogP contribution is -2.36. The van der Waals surface area contributed by atoms with Crippen molar-refractivity contribution in [3.8, 4) is 0 Å². The maximum Gasteiger partial charge on any atom is 0.0608 e. The summed E-state index contributed by atoms with van der Waals surface area (Å²) in [6, 6.07) is 0. The second kappa shape index (κ2) is 2.09. The molecule has 1 N–H and O–H groups in total. The predicted octanol–water partition coefficient (Wildman–Crippen LogP) is 1.72. The Morgan fingerprint density at radius 1 is 1.40 bits per heavy atom. The molecule has 0 aromatic rings. The fourth-order valence-electron chi connectivity index (χ4n) is 2.42. The average molecular weight is 138 g/mol. The van der Waals surface area contributed by atoms with E-state index < -0.39 is 0 Å². The largest absolute Gasteiger partial charge is 0.392 e. The molecule has 0 aromatic heterocycles. The number of aliphatic hydroxyl groups excluding tert-OH is 1. The van der Waals surface area contributed by atoms with E-state index in [0.717, 1.165) is 12.3 Å². The van der Waals surface area contributed by atoms with Crippen LogP contribution >= 0.6 is 0 Å². The Morgan fingerprint density at radius 3 is 2.60 bits per heavy atom. The van der Waals surface area contributed by atoms with Gasteiger partial charge in [0, 0.05) is 5.92 Å². The first-order valence-corrected chi connectivity index (χ1v) is 4.13. The second-order valence-corrected chi connectivity index (χ2v) is 3.72. The molecule has 0 heterocycles. The average Bonchev–Trinajstić information content (AvgIpc) is 1.86. The number of hydrogen-bond acceptors (Lipinski definition) is 1. The molecular formula is C9H14O. The van der Waals surface area contributed by atoms with Gasteiger partial charge < -0.3 is 5.11 Å². The Morgan fingerprint density at radius 2 is 2.20 bits per heavy atom. The minimum atomic E-state index is -0.0556. The molecule has 0 saturated heterocycles. The van der Waals surface area contributed by atoms with E-state index in [1.54, 1.807) is 0 Å². The topological polar surface area (TPSA) is 20.2 Å².